The van der Waals surface area contributed by atoms with Gasteiger partial charge in [0.2, 0.25) is 0 Å². The fourth-order valence-electron chi connectivity index (χ4n) is 3.69. The first-order valence-corrected chi connectivity index (χ1v) is 8.06. The monoisotopic (exact) mass is 321 g/mol. The van der Waals surface area contributed by atoms with Crippen molar-refractivity contribution >= 4 is 11.8 Å². The summed E-state index contributed by atoms with van der Waals surface area (Å²) in [6.45, 7) is 2.14. The lowest BCUT2D eigenvalue weighted by atomic mass is 9.76. The first-order chi connectivity index (χ1) is 11.1. The molecule has 0 aromatic carbocycles. The molecule has 23 heavy (non-hydrogen) atoms. The molecule has 2 heterocycles. The van der Waals surface area contributed by atoms with E-state index < -0.39 is 5.97 Å². The number of anilines is 1. The van der Waals surface area contributed by atoms with Gasteiger partial charge in [0, 0.05) is 31.1 Å². The number of esters is 1. The minimum Gasteiger partial charge on any atom is -0.464 e. The van der Waals surface area contributed by atoms with Crippen LogP contribution in [-0.4, -0.2) is 54.2 Å². The molecule has 1 spiro atoms. The molecule has 1 aliphatic heterocycles. The second-order valence-corrected chi connectivity index (χ2v) is 6.39. The Bertz CT molecular complexity index is 543. The zero-order valence-corrected chi connectivity index (χ0v) is 13.3. The Morgan fingerprint density at radius 3 is 2.83 bits per heavy atom. The number of hydrogen-bond donors (Lipinski definition) is 2. The Morgan fingerprint density at radius 1 is 1.39 bits per heavy atom. The highest BCUT2D eigenvalue weighted by Crippen LogP contribution is 2.48. The lowest BCUT2D eigenvalue weighted by Crippen LogP contribution is -2.40. The lowest BCUT2D eigenvalue weighted by Gasteiger charge is -2.37. The Kier molecular flexibility index (Phi) is 4.77. The molecule has 1 aromatic rings. The molecule has 2 N–H and O–H groups in total. The van der Waals surface area contributed by atoms with E-state index in [4.69, 9.17) is 4.74 Å². The summed E-state index contributed by atoms with van der Waals surface area (Å²) in [6, 6.07) is 3.27. The predicted octanol–water partition coefficient (Wildman–Crippen LogP) is 1.24. The van der Waals surface area contributed by atoms with Crippen LogP contribution in [0.2, 0.25) is 0 Å². The van der Waals surface area contributed by atoms with Crippen LogP contribution in [0.1, 0.15) is 36.2 Å². The van der Waals surface area contributed by atoms with Crippen LogP contribution in [-0.2, 0) is 9.47 Å². The van der Waals surface area contributed by atoms with Gasteiger partial charge >= 0.3 is 5.97 Å². The Hall–Kier alpha value is -1.73. The molecule has 7 nitrogen and oxygen atoms in total. The van der Waals surface area contributed by atoms with Gasteiger partial charge in [0.15, 0.2) is 5.69 Å². The van der Waals surface area contributed by atoms with Crippen LogP contribution >= 0.6 is 0 Å². The number of hydrogen-bond acceptors (Lipinski definition) is 7. The number of carbonyl (C=O) groups excluding carboxylic acids is 1. The summed E-state index contributed by atoms with van der Waals surface area (Å²) < 4.78 is 10.0. The predicted molar refractivity (Wildman–Crippen MR) is 83.1 cm³/mol. The number of aromatic nitrogens is 2. The molecule has 0 amide bonds. The van der Waals surface area contributed by atoms with E-state index in [0.717, 1.165) is 38.9 Å². The standard InChI is InChI=1S/C16H23N3O4/c1-22-15(21)12-2-3-13(19-18-12)17-10-11-4-5-16(14(11)20)6-8-23-9-7-16/h2-3,11,14,20H,4-10H2,1H3,(H,17,19)/t11-,14-/m0/s1. The first kappa shape index (κ1) is 16.1. The quantitative estimate of drug-likeness (QED) is 0.806. The van der Waals surface area contributed by atoms with Crippen LogP contribution in [0.15, 0.2) is 12.1 Å². The van der Waals surface area contributed by atoms with Crippen molar-refractivity contribution in [3.05, 3.63) is 17.8 Å². The number of aliphatic hydroxyl groups excluding tert-OH is 1. The van der Waals surface area contributed by atoms with Gasteiger partial charge in [0.25, 0.3) is 0 Å². The van der Waals surface area contributed by atoms with Gasteiger partial charge in [-0.2, -0.15) is 0 Å². The Morgan fingerprint density at radius 2 is 2.17 bits per heavy atom. The third kappa shape index (κ3) is 3.30. The normalized spacial score (nSPS) is 26.2. The summed E-state index contributed by atoms with van der Waals surface area (Å²) in [4.78, 5) is 11.3. The molecule has 3 rings (SSSR count). The molecule has 2 aliphatic rings. The Balaban J connectivity index is 1.55. The van der Waals surface area contributed by atoms with Crippen LogP contribution in [0.3, 0.4) is 0 Å². The van der Waals surface area contributed by atoms with Gasteiger partial charge in [-0.1, -0.05) is 0 Å². The van der Waals surface area contributed by atoms with E-state index >= 15 is 0 Å². The van der Waals surface area contributed by atoms with Crippen molar-refractivity contribution in [1.82, 2.24) is 10.2 Å². The largest absolute Gasteiger partial charge is 0.464 e. The number of nitrogens with zero attached hydrogens (tertiary/aromatic N) is 2. The third-order valence-electron chi connectivity index (χ3n) is 5.18. The maximum absolute atomic E-state index is 11.3. The minimum absolute atomic E-state index is 0.0328. The Labute approximate surface area is 135 Å². The summed E-state index contributed by atoms with van der Waals surface area (Å²) >= 11 is 0. The van der Waals surface area contributed by atoms with Crippen LogP contribution in [0.5, 0.6) is 0 Å². The van der Waals surface area contributed by atoms with Crippen molar-refractivity contribution in [1.29, 1.82) is 0 Å². The van der Waals surface area contributed by atoms with Crippen LogP contribution in [0.4, 0.5) is 5.82 Å². The zero-order valence-electron chi connectivity index (χ0n) is 13.3. The van der Waals surface area contributed by atoms with E-state index in [1.165, 1.54) is 7.11 Å². The molecule has 7 heteroatoms. The SMILES string of the molecule is COC(=O)c1ccc(NC[C@@H]2CCC3(CCOCC3)[C@H]2O)nn1. The molecular formula is C16H23N3O4. The van der Waals surface area contributed by atoms with Crippen molar-refractivity contribution in [2.24, 2.45) is 11.3 Å². The maximum Gasteiger partial charge on any atom is 0.358 e. The van der Waals surface area contributed by atoms with Gasteiger partial charge in [0.1, 0.15) is 5.82 Å². The first-order valence-electron chi connectivity index (χ1n) is 8.06. The highest BCUT2D eigenvalue weighted by atomic mass is 16.5. The number of aliphatic hydroxyl groups is 1. The van der Waals surface area contributed by atoms with Crippen molar-refractivity contribution < 1.29 is 19.4 Å². The fourth-order valence-corrected chi connectivity index (χ4v) is 3.69. The smallest absolute Gasteiger partial charge is 0.358 e. The van der Waals surface area contributed by atoms with E-state index in [1.54, 1.807) is 12.1 Å². The highest BCUT2D eigenvalue weighted by molar-refractivity contribution is 5.86. The topological polar surface area (TPSA) is 93.6 Å². The van der Waals surface area contributed by atoms with E-state index in [-0.39, 0.29) is 23.1 Å². The molecule has 1 saturated heterocycles. The average molecular weight is 321 g/mol. The highest BCUT2D eigenvalue weighted by Gasteiger charge is 2.47. The van der Waals surface area contributed by atoms with E-state index in [2.05, 4.69) is 20.3 Å². The van der Waals surface area contributed by atoms with Crippen LogP contribution in [0, 0.1) is 11.3 Å². The second-order valence-electron chi connectivity index (χ2n) is 6.39. The van der Waals surface area contributed by atoms with Crippen molar-refractivity contribution in [3.8, 4) is 0 Å². The van der Waals surface area contributed by atoms with Gasteiger partial charge in [-0.15, -0.1) is 10.2 Å². The molecule has 126 valence electrons. The lowest BCUT2D eigenvalue weighted by molar-refractivity contribution is -0.0545. The molecule has 0 radical (unpaired) electrons. The van der Waals surface area contributed by atoms with Crippen LogP contribution < -0.4 is 5.32 Å². The van der Waals surface area contributed by atoms with E-state index in [0.29, 0.717) is 12.4 Å². The van der Waals surface area contributed by atoms with E-state index in [1.807, 2.05) is 0 Å². The summed E-state index contributed by atoms with van der Waals surface area (Å²) in [5.74, 6) is 0.296. The number of carbonyl (C=O) groups is 1. The van der Waals surface area contributed by atoms with Gasteiger partial charge in [-0.25, -0.2) is 4.79 Å². The molecule has 1 aromatic heterocycles. The van der Waals surface area contributed by atoms with Gasteiger partial charge in [-0.05, 0) is 37.8 Å². The van der Waals surface area contributed by atoms with Gasteiger partial charge in [0.05, 0.1) is 13.2 Å². The molecular weight excluding hydrogens is 298 g/mol. The molecule has 2 fully saturated rings. The number of nitrogens with one attached hydrogen (secondary N) is 1. The number of ether oxygens (including phenoxy) is 2. The molecule has 1 saturated carbocycles. The van der Waals surface area contributed by atoms with Crippen molar-refractivity contribution in [3.63, 3.8) is 0 Å². The third-order valence-corrected chi connectivity index (χ3v) is 5.18. The maximum atomic E-state index is 11.3. The zero-order chi connectivity index (χ0) is 16.3. The summed E-state index contributed by atoms with van der Waals surface area (Å²) in [5.41, 5.74) is 0.213. The number of rotatable bonds is 4. The molecule has 0 bridgehead atoms. The van der Waals surface area contributed by atoms with Crippen LogP contribution in [0.25, 0.3) is 0 Å². The molecule has 1 aliphatic carbocycles. The van der Waals surface area contributed by atoms with Gasteiger partial charge in [-0.3, -0.25) is 0 Å². The summed E-state index contributed by atoms with van der Waals surface area (Å²) in [7, 11) is 1.31. The molecule has 2 atom stereocenters. The summed E-state index contributed by atoms with van der Waals surface area (Å²) in [6.07, 6.45) is 3.64. The summed E-state index contributed by atoms with van der Waals surface area (Å²) in [5, 5.41) is 21.7. The van der Waals surface area contributed by atoms with Crippen molar-refractivity contribution in [2.75, 3.05) is 32.2 Å². The minimum atomic E-state index is -0.503. The van der Waals surface area contributed by atoms with E-state index in [9.17, 15) is 9.90 Å². The van der Waals surface area contributed by atoms with Gasteiger partial charge < -0.3 is 19.9 Å². The number of methoxy groups -OCH3 is 1. The fraction of sp³-hybridized carbons (Fsp3) is 0.688. The average Bonchev–Trinajstić information content (AvgIpc) is 2.89. The molecule has 0 unspecified atom stereocenters. The van der Waals surface area contributed by atoms with Crippen molar-refractivity contribution in [2.45, 2.75) is 31.8 Å². The second kappa shape index (κ2) is 6.80.